The number of benzene rings is 2. The molecule has 1 aliphatic heterocycles. The highest BCUT2D eigenvalue weighted by Gasteiger charge is 2.40. The van der Waals surface area contributed by atoms with E-state index in [0.717, 1.165) is 5.56 Å². The van der Waals surface area contributed by atoms with Crippen molar-refractivity contribution in [1.29, 1.82) is 0 Å². The minimum Gasteiger partial charge on any atom is -0.489 e. The Morgan fingerprint density at radius 3 is 2.33 bits per heavy atom. The molecule has 1 fully saturated rings. The van der Waals surface area contributed by atoms with Crippen molar-refractivity contribution >= 4 is 16.1 Å². The monoisotopic (exact) mass is 440 g/mol. The summed E-state index contributed by atoms with van der Waals surface area (Å²) in [7, 11) is -4.05. The molecular formula is C19H21FN2O7S. The first kappa shape index (κ1) is 22.0. The van der Waals surface area contributed by atoms with Crippen LogP contribution in [0, 0.1) is 5.82 Å². The molecule has 2 aromatic rings. The van der Waals surface area contributed by atoms with E-state index in [1.54, 1.807) is 12.1 Å². The van der Waals surface area contributed by atoms with Gasteiger partial charge in [0.1, 0.15) is 18.2 Å². The average molecular weight is 440 g/mol. The zero-order chi connectivity index (χ0) is 21.6. The van der Waals surface area contributed by atoms with Gasteiger partial charge in [0.15, 0.2) is 5.72 Å². The van der Waals surface area contributed by atoms with Crippen molar-refractivity contribution in [2.75, 3.05) is 13.2 Å². The van der Waals surface area contributed by atoms with Crippen LogP contribution in [-0.2, 0) is 26.1 Å². The lowest BCUT2D eigenvalue weighted by atomic mass is 10.1. The fourth-order valence-electron chi connectivity index (χ4n) is 2.89. The molecule has 0 spiro atoms. The number of rotatable bonds is 7. The standard InChI is InChI=1S/C19H21FN2O7S/c20-15-3-1-14(2-4-15)13-28-16-5-7-17(8-6-16)30(25,26)22-19(29-18(23)21-24)9-11-27-12-10-19/h1-8,22,24H,9-13H2,(H,21,23). The van der Waals surface area contributed by atoms with E-state index in [2.05, 4.69) is 4.72 Å². The molecule has 0 unspecified atom stereocenters. The number of amides is 1. The molecule has 0 radical (unpaired) electrons. The van der Waals surface area contributed by atoms with Gasteiger partial charge in [0.25, 0.3) is 0 Å². The number of hydrogen-bond acceptors (Lipinski definition) is 7. The summed E-state index contributed by atoms with van der Waals surface area (Å²) in [5.41, 5.74) is 0.546. The van der Waals surface area contributed by atoms with Crippen molar-refractivity contribution in [3.63, 3.8) is 0 Å². The van der Waals surface area contributed by atoms with Crippen LogP contribution in [-0.4, -0.2) is 38.7 Å². The van der Waals surface area contributed by atoms with Gasteiger partial charge in [-0.25, -0.2) is 23.1 Å². The average Bonchev–Trinajstić information content (AvgIpc) is 2.73. The fraction of sp³-hybridized carbons (Fsp3) is 0.316. The molecular weight excluding hydrogens is 419 g/mol. The molecule has 11 heteroatoms. The third kappa shape index (κ3) is 5.66. The highest BCUT2D eigenvalue weighted by Crippen LogP contribution is 2.26. The van der Waals surface area contributed by atoms with Gasteiger partial charge in [0, 0.05) is 12.8 Å². The zero-order valence-electron chi connectivity index (χ0n) is 15.8. The van der Waals surface area contributed by atoms with Gasteiger partial charge in [-0.2, -0.15) is 4.72 Å². The van der Waals surface area contributed by atoms with Crippen molar-refractivity contribution in [1.82, 2.24) is 10.2 Å². The molecule has 0 saturated carbocycles. The van der Waals surface area contributed by atoms with Crippen molar-refractivity contribution in [3.8, 4) is 5.75 Å². The van der Waals surface area contributed by atoms with E-state index < -0.39 is 21.8 Å². The van der Waals surface area contributed by atoms with Gasteiger partial charge in [-0.1, -0.05) is 12.1 Å². The van der Waals surface area contributed by atoms with Crippen LogP contribution in [0.1, 0.15) is 18.4 Å². The largest absolute Gasteiger partial charge is 0.489 e. The number of hydrogen-bond donors (Lipinski definition) is 3. The molecule has 0 aromatic heterocycles. The highest BCUT2D eigenvalue weighted by atomic mass is 32.2. The highest BCUT2D eigenvalue weighted by molar-refractivity contribution is 7.89. The molecule has 162 valence electrons. The Labute approximate surface area is 172 Å². The minimum atomic E-state index is -4.05. The number of carbonyl (C=O) groups excluding carboxylic acids is 1. The zero-order valence-corrected chi connectivity index (χ0v) is 16.7. The molecule has 30 heavy (non-hydrogen) atoms. The van der Waals surface area contributed by atoms with Crippen LogP contribution in [0.3, 0.4) is 0 Å². The van der Waals surface area contributed by atoms with E-state index in [1.807, 2.05) is 0 Å². The molecule has 3 rings (SSSR count). The normalized spacial score (nSPS) is 15.9. The van der Waals surface area contributed by atoms with Gasteiger partial charge >= 0.3 is 6.09 Å². The van der Waals surface area contributed by atoms with Gasteiger partial charge in [0.05, 0.1) is 18.1 Å². The topological polar surface area (TPSA) is 123 Å². The van der Waals surface area contributed by atoms with Crippen molar-refractivity contribution in [3.05, 3.63) is 59.9 Å². The van der Waals surface area contributed by atoms with E-state index in [9.17, 15) is 17.6 Å². The summed E-state index contributed by atoms with van der Waals surface area (Å²) in [6.07, 6.45) is -1.01. The lowest BCUT2D eigenvalue weighted by molar-refractivity contribution is -0.0848. The van der Waals surface area contributed by atoms with Crippen LogP contribution in [0.2, 0.25) is 0 Å². The molecule has 1 saturated heterocycles. The summed E-state index contributed by atoms with van der Waals surface area (Å²) in [5.74, 6) is 0.0820. The first-order valence-electron chi connectivity index (χ1n) is 9.04. The van der Waals surface area contributed by atoms with E-state index in [4.69, 9.17) is 19.4 Å². The molecule has 3 N–H and O–H groups in total. The Kier molecular flexibility index (Phi) is 6.87. The number of ether oxygens (including phenoxy) is 3. The van der Waals surface area contributed by atoms with E-state index >= 15 is 0 Å². The van der Waals surface area contributed by atoms with Crippen LogP contribution in [0.25, 0.3) is 0 Å². The van der Waals surface area contributed by atoms with E-state index in [1.165, 1.54) is 41.9 Å². The summed E-state index contributed by atoms with van der Waals surface area (Å²) in [6.45, 7) is 0.548. The van der Waals surface area contributed by atoms with Crippen LogP contribution in [0.15, 0.2) is 53.4 Å². The van der Waals surface area contributed by atoms with Crippen LogP contribution in [0.4, 0.5) is 9.18 Å². The van der Waals surface area contributed by atoms with Crippen molar-refractivity contribution in [2.24, 2.45) is 0 Å². The third-order valence-electron chi connectivity index (χ3n) is 4.45. The second-order valence-corrected chi connectivity index (χ2v) is 8.28. The number of nitrogens with one attached hydrogen (secondary N) is 2. The summed E-state index contributed by atoms with van der Waals surface area (Å²) in [6, 6.07) is 11.5. The van der Waals surface area contributed by atoms with Gasteiger partial charge in [-0.3, -0.25) is 5.21 Å². The Morgan fingerprint density at radius 2 is 1.73 bits per heavy atom. The molecule has 1 amide bonds. The smallest absolute Gasteiger partial charge is 0.432 e. The van der Waals surface area contributed by atoms with Gasteiger partial charge in [0.2, 0.25) is 10.0 Å². The molecule has 0 bridgehead atoms. The van der Waals surface area contributed by atoms with E-state index in [0.29, 0.717) is 5.75 Å². The molecule has 0 atom stereocenters. The van der Waals surface area contributed by atoms with Crippen LogP contribution in [0.5, 0.6) is 5.75 Å². The first-order chi connectivity index (χ1) is 14.3. The minimum absolute atomic E-state index is 0.0597. The van der Waals surface area contributed by atoms with E-state index in [-0.39, 0.29) is 43.4 Å². The lowest BCUT2D eigenvalue weighted by Crippen LogP contribution is -2.55. The predicted octanol–water partition coefficient (Wildman–Crippen LogP) is 2.31. The number of halogens is 1. The van der Waals surface area contributed by atoms with Crippen molar-refractivity contribution < 1.29 is 37.0 Å². The summed E-state index contributed by atoms with van der Waals surface area (Å²) in [5, 5.41) is 8.71. The Hall–Kier alpha value is -2.73. The second-order valence-electron chi connectivity index (χ2n) is 6.60. The van der Waals surface area contributed by atoms with Crippen molar-refractivity contribution in [2.45, 2.75) is 30.1 Å². The van der Waals surface area contributed by atoms with Gasteiger partial charge < -0.3 is 14.2 Å². The SMILES string of the molecule is O=C(NO)OC1(NS(=O)(=O)c2ccc(OCc3ccc(F)cc3)cc2)CCOCC1. The quantitative estimate of drug-likeness (QED) is 0.343. The number of hydroxylamine groups is 1. The molecule has 9 nitrogen and oxygen atoms in total. The Morgan fingerprint density at radius 1 is 1.10 bits per heavy atom. The maximum absolute atomic E-state index is 12.9. The summed E-state index contributed by atoms with van der Waals surface area (Å²) >= 11 is 0. The van der Waals surface area contributed by atoms with Gasteiger partial charge in [-0.05, 0) is 42.0 Å². The third-order valence-corrected chi connectivity index (χ3v) is 5.99. The second kappa shape index (κ2) is 9.39. The Bertz CT molecular complexity index is 959. The predicted molar refractivity (Wildman–Crippen MR) is 102 cm³/mol. The summed E-state index contributed by atoms with van der Waals surface area (Å²) < 4.78 is 56.8. The fourth-order valence-corrected chi connectivity index (χ4v) is 4.24. The molecule has 1 aliphatic rings. The van der Waals surface area contributed by atoms with Crippen LogP contribution >= 0.6 is 0 Å². The van der Waals surface area contributed by atoms with Gasteiger partial charge in [-0.15, -0.1) is 0 Å². The maximum Gasteiger partial charge on any atom is 0.432 e. The summed E-state index contributed by atoms with van der Waals surface area (Å²) in [4.78, 5) is 11.4. The number of carbonyl (C=O) groups is 1. The lowest BCUT2D eigenvalue weighted by Gasteiger charge is -2.36. The molecule has 2 aromatic carbocycles. The Balaban J connectivity index is 1.68. The number of sulfonamides is 1. The van der Waals surface area contributed by atoms with Crippen LogP contribution < -0.4 is 14.9 Å². The molecule has 0 aliphatic carbocycles. The first-order valence-corrected chi connectivity index (χ1v) is 10.5. The maximum atomic E-state index is 12.9. The molecule has 1 heterocycles.